The second-order valence-corrected chi connectivity index (χ2v) is 7.24. The average molecular weight is 541 g/mol. The van der Waals surface area contributed by atoms with Crippen LogP contribution in [0.2, 0.25) is 0 Å². The van der Waals surface area contributed by atoms with Gasteiger partial charge in [0.25, 0.3) is 0 Å². The van der Waals surface area contributed by atoms with E-state index in [9.17, 15) is 4.79 Å². The van der Waals surface area contributed by atoms with Gasteiger partial charge in [-0.2, -0.15) is 5.10 Å². The number of hydrogen-bond donors (Lipinski definition) is 3. The van der Waals surface area contributed by atoms with E-state index >= 15 is 0 Å². The summed E-state index contributed by atoms with van der Waals surface area (Å²) in [4.78, 5) is 21.3. The first-order valence-corrected chi connectivity index (χ1v) is 10.5. The fourth-order valence-electron chi connectivity index (χ4n) is 3.40. The van der Waals surface area contributed by atoms with Gasteiger partial charge in [0.05, 0.1) is 6.54 Å². The Morgan fingerprint density at radius 2 is 2.19 bits per heavy atom. The smallest absolute Gasteiger partial charge is 0.246 e. The fraction of sp³-hybridized carbons (Fsp3) is 0.524. The molecule has 1 amide bonds. The zero-order chi connectivity index (χ0) is 21.3. The minimum atomic E-state index is -0.146. The maximum absolute atomic E-state index is 12.3. The summed E-state index contributed by atoms with van der Waals surface area (Å²) in [7, 11) is 1.64. The van der Waals surface area contributed by atoms with E-state index in [1.54, 1.807) is 7.11 Å². The van der Waals surface area contributed by atoms with E-state index in [-0.39, 0.29) is 42.5 Å². The molecule has 9 nitrogen and oxygen atoms in total. The fourth-order valence-corrected chi connectivity index (χ4v) is 3.40. The van der Waals surface area contributed by atoms with E-state index in [1.165, 1.54) is 5.56 Å². The molecule has 0 spiro atoms. The van der Waals surface area contributed by atoms with Crippen LogP contribution in [0, 0.1) is 0 Å². The summed E-state index contributed by atoms with van der Waals surface area (Å²) < 4.78 is 7.04. The molecule has 2 heterocycles. The van der Waals surface area contributed by atoms with Crippen LogP contribution in [0.1, 0.15) is 37.5 Å². The summed E-state index contributed by atoms with van der Waals surface area (Å²) in [6, 6.07) is 8.03. The Bertz CT molecular complexity index is 884. The number of fused-ring (bicyclic) bond motifs is 1. The largest absolute Gasteiger partial charge is 0.377 e. The van der Waals surface area contributed by atoms with Crippen LogP contribution < -0.4 is 16.0 Å². The number of nitrogens with one attached hydrogen (secondary N) is 3. The molecule has 0 radical (unpaired) electrons. The van der Waals surface area contributed by atoms with Gasteiger partial charge in [0.15, 0.2) is 11.8 Å². The zero-order valence-corrected chi connectivity index (χ0v) is 20.7. The van der Waals surface area contributed by atoms with Gasteiger partial charge in [-0.25, -0.2) is 14.7 Å². The lowest BCUT2D eigenvalue weighted by atomic mass is 10.1. The molecule has 3 N–H and O–H groups in total. The number of nitrogens with zero attached hydrogens (tertiary/aromatic N) is 4. The SMILES string of the molecule is CCNC(=NCC(=O)Nc1cccc(CC)c1)NC1CCc2nc(COC)nn2C1.I. The highest BCUT2D eigenvalue weighted by Gasteiger charge is 2.22. The zero-order valence-electron chi connectivity index (χ0n) is 18.4. The van der Waals surface area contributed by atoms with Crippen molar-refractivity contribution in [1.29, 1.82) is 0 Å². The number of rotatable bonds is 8. The van der Waals surface area contributed by atoms with Crippen molar-refractivity contribution in [2.75, 3.05) is 25.5 Å². The van der Waals surface area contributed by atoms with E-state index in [0.29, 0.717) is 31.5 Å². The van der Waals surface area contributed by atoms with Crippen LogP contribution in [0.25, 0.3) is 0 Å². The second-order valence-electron chi connectivity index (χ2n) is 7.24. The number of halogens is 1. The van der Waals surface area contributed by atoms with Crippen molar-refractivity contribution >= 4 is 41.5 Å². The summed E-state index contributed by atoms with van der Waals surface area (Å²) in [6.45, 7) is 5.97. The third kappa shape index (κ3) is 7.46. The Balaban J connectivity index is 0.00000341. The van der Waals surface area contributed by atoms with Crippen LogP contribution in [0.15, 0.2) is 29.3 Å². The topological polar surface area (TPSA) is 105 Å². The van der Waals surface area contributed by atoms with Crippen molar-refractivity contribution in [1.82, 2.24) is 25.4 Å². The number of hydrogen-bond acceptors (Lipinski definition) is 5. The summed E-state index contributed by atoms with van der Waals surface area (Å²) in [6.07, 6.45) is 2.69. The van der Waals surface area contributed by atoms with Gasteiger partial charge in [-0.3, -0.25) is 4.79 Å². The van der Waals surface area contributed by atoms with E-state index in [0.717, 1.165) is 30.8 Å². The Kier molecular flexibility index (Phi) is 10.2. The first-order valence-electron chi connectivity index (χ1n) is 10.5. The lowest BCUT2D eigenvalue weighted by Gasteiger charge is -2.25. The van der Waals surface area contributed by atoms with Gasteiger partial charge in [-0.1, -0.05) is 19.1 Å². The third-order valence-corrected chi connectivity index (χ3v) is 4.86. The molecule has 1 aliphatic rings. The Morgan fingerprint density at radius 1 is 1.35 bits per heavy atom. The maximum atomic E-state index is 12.3. The van der Waals surface area contributed by atoms with Crippen molar-refractivity contribution in [3.8, 4) is 0 Å². The lowest BCUT2D eigenvalue weighted by molar-refractivity contribution is -0.114. The summed E-state index contributed by atoms with van der Waals surface area (Å²) in [5.74, 6) is 2.17. The van der Waals surface area contributed by atoms with Crippen molar-refractivity contribution in [2.24, 2.45) is 4.99 Å². The number of carbonyl (C=O) groups excluding carboxylic acids is 1. The number of ether oxygens (including phenoxy) is 1. The predicted molar refractivity (Wildman–Crippen MR) is 132 cm³/mol. The number of benzene rings is 1. The Hall–Kier alpha value is -2.21. The minimum absolute atomic E-state index is 0. The molecule has 3 rings (SSSR count). The molecule has 1 atom stereocenters. The number of aromatic nitrogens is 3. The molecular weight excluding hydrogens is 509 g/mol. The molecular formula is C21H32IN7O2. The van der Waals surface area contributed by atoms with Crippen LogP contribution in [0.5, 0.6) is 0 Å². The molecule has 0 saturated carbocycles. The van der Waals surface area contributed by atoms with E-state index in [2.05, 4.69) is 37.9 Å². The molecule has 1 unspecified atom stereocenters. The number of anilines is 1. The van der Waals surface area contributed by atoms with E-state index in [1.807, 2.05) is 35.9 Å². The molecule has 1 aliphatic heterocycles. The van der Waals surface area contributed by atoms with E-state index in [4.69, 9.17) is 4.74 Å². The van der Waals surface area contributed by atoms with Gasteiger partial charge in [-0.05, 0) is 37.5 Å². The van der Waals surface area contributed by atoms with Crippen molar-refractivity contribution < 1.29 is 9.53 Å². The number of guanidine groups is 1. The Morgan fingerprint density at radius 3 is 2.94 bits per heavy atom. The first kappa shape index (κ1) is 25.1. The molecule has 2 aromatic rings. The van der Waals surface area contributed by atoms with Gasteiger partial charge in [0, 0.05) is 31.8 Å². The van der Waals surface area contributed by atoms with Gasteiger partial charge in [-0.15, -0.1) is 24.0 Å². The number of aliphatic imine (C=N–C) groups is 1. The maximum Gasteiger partial charge on any atom is 0.246 e. The summed E-state index contributed by atoms with van der Waals surface area (Å²) in [5.41, 5.74) is 1.98. The third-order valence-electron chi connectivity index (χ3n) is 4.86. The molecule has 0 aliphatic carbocycles. The first-order chi connectivity index (χ1) is 14.6. The molecule has 170 valence electrons. The van der Waals surface area contributed by atoms with Crippen LogP contribution in [-0.2, 0) is 35.5 Å². The lowest BCUT2D eigenvalue weighted by Crippen LogP contribution is -2.47. The predicted octanol–water partition coefficient (Wildman–Crippen LogP) is 2.11. The van der Waals surface area contributed by atoms with Gasteiger partial charge < -0.3 is 20.7 Å². The van der Waals surface area contributed by atoms with Crippen molar-refractivity contribution in [3.05, 3.63) is 41.5 Å². The van der Waals surface area contributed by atoms with Crippen molar-refractivity contribution in [3.63, 3.8) is 0 Å². The molecule has 1 aromatic heterocycles. The number of methoxy groups -OCH3 is 1. The highest BCUT2D eigenvalue weighted by molar-refractivity contribution is 14.0. The molecule has 31 heavy (non-hydrogen) atoms. The van der Waals surface area contributed by atoms with Crippen LogP contribution in [-0.4, -0.2) is 52.9 Å². The highest BCUT2D eigenvalue weighted by atomic mass is 127. The molecule has 0 fully saturated rings. The second kappa shape index (κ2) is 12.6. The van der Waals surface area contributed by atoms with E-state index < -0.39 is 0 Å². The van der Waals surface area contributed by atoms with Gasteiger partial charge in [0.2, 0.25) is 5.91 Å². The number of aryl methyl sites for hydroxylation is 2. The summed E-state index contributed by atoms with van der Waals surface area (Å²) in [5, 5.41) is 14.0. The standard InChI is InChI=1S/C21H31N7O2.HI/c1-4-15-7-6-8-16(11-15)24-20(29)12-23-21(22-5-2)25-17-9-10-19-26-18(14-30-3)27-28(19)13-17;/h6-8,11,17H,4-5,9-10,12-14H2,1-3H3,(H,24,29)(H2,22,23,25);1H. The normalized spacial score (nSPS) is 15.6. The van der Waals surface area contributed by atoms with Crippen LogP contribution >= 0.6 is 24.0 Å². The van der Waals surface area contributed by atoms with Gasteiger partial charge >= 0.3 is 0 Å². The monoisotopic (exact) mass is 541 g/mol. The Labute approximate surface area is 200 Å². The quantitative estimate of drug-likeness (QED) is 0.269. The average Bonchev–Trinajstić information content (AvgIpc) is 3.14. The molecule has 1 aromatic carbocycles. The molecule has 0 saturated heterocycles. The molecule has 10 heteroatoms. The number of carbonyl (C=O) groups is 1. The van der Waals surface area contributed by atoms with Crippen LogP contribution in [0.4, 0.5) is 5.69 Å². The number of amides is 1. The van der Waals surface area contributed by atoms with Crippen LogP contribution in [0.3, 0.4) is 0 Å². The highest BCUT2D eigenvalue weighted by Crippen LogP contribution is 2.14. The minimum Gasteiger partial charge on any atom is -0.377 e. The van der Waals surface area contributed by atoms with Gasteiger partial charge in [0.1, 0.15) is 19.0 Å². The summed E-state index contributed by atoms with van der Waals surface area (Å²) >= 11 is 0. The molecule has 0 bridgehead atoms. The van der Waals surface area contributed by atoms with Crippen molar-refractivity contribution in [2.45, 2.75) is 52.3 Å².